The largest absolute Gasteiger partial charge is 0.385 e. The Bertz CT molecular complexity index is 446. The predicted octanol–water partition coefficient (Wildman–Crippen LogP) is 2.18. The Morgan fingerprint density at radius 2 is 1.95 bits per heavy atom. The van der Waals surface area contributed by atoms with E-state index in [-0.39, 0.29) is 5.56 Å². The van der Waals surface area contributed by atoms with Crippen molar-refractivity contribution in [2.75, 3.05) is 40.5 Å². The highest BCUT2D eigenvalue weighted by Gasteiger charge is 2.08. The van der Waals surface area contributed by atoms with Gasteiger partial charge in [-0.1, -0.05) is 6.07 Å². The van der Waals surface area contributed by atoms with Gasteiger partial charge in [0.2, 0.25) is 0 Å². The van der Waals surface area contributed by atoms with Crippen LogP contribution in [0.3, 0.4) is 0 Å². The maximum absolute atomic E-state index is 13.3. The molecule has 0 aliphatic carbocycles. The molecule has 110 valence electrons. The topological polar surface area (TPSA) is 45.5 Å². The van der Waals surface area contributed by atoms with Gasteiger partial charge in [0.05, 0.1) is 12.2 Å². The van der Waals surface area contributed by atoms with Gasteiger partial charge < -0.3 is 9.47 Å². The second-order valence-corrected chi connectivity index (χ2v) is 4.54. The molecular weight excluding hydrogens is 259 g/mol. The van der Waals surface area contributed by atoms with Gasteiger partial charge in [0.1, 0.15) is 11.9 Å². The van der Waals surface area contributed by atoms with Crippen molar-refractivity contribution < 1.29 is 13.9 Å². The van der Waals surface area contributed by atoms with Crippen LogP contribution in [0.5, 0.6) is 0 Å². The number of methoxy groups -OCH3 is 2. The van der Waals surface area contributed by atoms with Gasteiger partial charge in [-0.3, -0.25) is 4.90 Å². The highest BCUT2D eigenvalue weighted by atomic mass is 19.1. The van der Waals surface area contributed by atoms with Crippen molar-refractivity contribution >= 4 is 0 Å². The van der Waals surface area contributed by atoms with Gasteiger partial charge in [-0.2, -0.15) is 5.26 Å². The molecule has 0 aliphatic rings. The number of nitrogens with zero attached hydrogens (tertiary/aromatic N) is 2. The van der Waals surface area contributed by atoms with Crippen LogP contribution in [0.15, 0.2) is 18.2 Å². The smallest absolute Gasteiger partial charge is 0.140 e. The van der Waals surface area contributed by atoms with Crippen LogP contribution in [0, 0.1) is 17.1 Å². The Hall–Kier alpha value is -1.48. The molecule has 0 aliphatic heterocycles. The molecule has 1 rings (SSSR count). The van der Waals surface area contributed by atoms with Gasteiger partial charge in [-0.25, -0.2) is 4.39 Å². The quantitative estimate of drug-likeness (QED) is 0.650. The average molecular weight is 280 g/mol. The van der Waals surface area contributed by atoms with Crippen LogP contribution in [-0.4, -0.2) is 45.4 Å². The van der Waals surface area contributed by atoms with Gasteiger partial charge in [0.25, 0.3) is 0 Å². The monoisotopic (exact) mass is 280 g/mol. The molecule has 0 atom stereocenters. The van der Waals surface area contributed by atoms with E-state index in [1.807, 2.05) is 6.07 Å². The first kappa shape index (κ1) is 16.6. The molecule has 0 N–H and O–H groups in total. The SMILES string of the molecule is COCCCN(CCOC)Cc1ccc(F)c(C#N)c1. The van der Waals surface area contributed by atoms with Crippen LogP contribution in [0.2, 0.25) is 0 Å². The molecule has 0 spiro atoms. The van der Waals surface area contributed by atoms with E-state index in [0.29, 0.717) is 19.8 Å². The molecule has 0 saturated carbocycles. The molecule has 4 nitrogen and oxygen atoms in total. The van der Waals surface area contributed by atoms with Crippen molar-refractivity contribution in [1.82, 2.24) is 4.90 Å². The fourth-order valence-electron chi connectivity index (χ4n) is 1.94. The van der Waals surface area contributed by atoms with E-state index in [1.54, 1.807) is 26.4 Å². The molecule has 5 heteroatoms. The minimum Gasteiger partial charge on any atom is -0.385 e. The molecule has 0 saturated heterocycles. The van der Waals surface area contributed by atoms with E-state index in [1.165, 1.54) is 6.07 Å². The van der Waals surface area contributed by atoms with Crippen LogP contribution >= 0.6 is 0 Å². The van der Waals surface area contributed by atoms with E-state index in [9.17, 15) is 4.39 Å². The van der Waals surface area contributed by atoms with Crippen molar-refractivity contribution in [3.05, 3.63) is 35.1 Å². The molecule has 20 heavy (non-hydrogen) atoms. The third-order valence-corrected chi connectivity index (χ3v) is 2.99. The summed E-state index contributed by atoms with van der Waals surface area (Å²) in [5, 5.41) is 8.85. The van der Waals surface area contributed by atoms with Gasteiger partial charge in [0, 0.05) is 40.5 Å². The summed E-state index contributed by atoms with van der Waals surface area (Å²) in [5.41, 5.74) is 1.02. The molecule has 0 aromatic heterocycles. The Morgan fingerprint density at radius 1 is 1.20 bits per heavy atom. The van der Waals surface area contributed by atoms with Gasteiger partial charge in [-0.15, -0.1) is 0 Å². The van der Waals surface area contributed by atoms with E-state index in [2.05, 4.69) is 4.90 Å². The first-order valence-electron chi connectivity index (χ1n) is 6.60. The number of benzene rings is 1. The van der Waals surface area contributed by atoms with E-state index >= 15 is 0 Å². The van der Waals surface area contributed by atoms with E-state index in [4.69, 9.17) is 14.7 Å². The second-order valence-electron chi connectivity index (χ2n) is 4.54. The van der Waals surface area contributed by atoms with Crippen LogP contribution in [0.1, 0.15) is 17.5 Å². The lowest BCUT2D eigenvalue weighted by Crippen LogP contribution is -2.28. The van der Waals surface area contributed by atoms with Gasteiger partial charge in [0.15, 0.2) is 0 Å². The lowest BCUT2D eigenvalue weighted by molar-refractivity contribution is 0.129. The zero-order valence-corrected chi connectivity index (χ0v) is 12.1. The molecule has 1 aromatic carbocycles. The standard InChI is InChI=1S/C15H21FN2O2/c1-19-8-3-6-18(7-9-20-2)12-13-4-5-15(16)14(10-13)11-17/h4-5,10H,3,6-9,12H2,1-2H3. The third-order valence-electron chi connectivity index (χ3n) is 2.99. The molecule has 0 amide bonds. The molecule has 1 aromatic rings. The number of hydrogen-bond donors (Lipinski definition) is 0. The highest BCUT2D eigenvalue weighted by Crippen LogP contribution is 2.12. The van der Waals surface area contributed by atoms with Crippen LogP contribution in [0.25, 0.3) is 0 Å². The maximum Gasteiger partial charge on any atom is 0.140 e. The van der Waals surface area contributed by atoms with Crippen LogP contribution in [-0.2, 0) is 16.0 Å². The zero-order valence-electron chi connectivity index (χ0n) is 12.1. The summed E-state index contributed by atoms with van der Waals surface area (Å²) < 4.78 is 23.4. The normalized spacial score (nSPS) is 10.8. The summed E-state index contributed by atoms with van der Waals surface area (Å²) in [5.74, 6) is -0.473. The summed E-state index contributed by atoms with van der Waals surface area (Å²) in [6, 6.07) is 6.53. The predicted molar refractivity (Wildman–Crippen MR) is 74.8 cm³/mol. The number of halogens is 1. The van der Waals surface area contributed by atoms with Crippen molar-refractivity contribution in [1.29, 1.82) is 5.26 Å². The fourth-order valence-corrected chi connectivity index (χ4v) is 1.94. The van der Waals surface area contributed by atoms with E-state index < -0.39 is 5.82 Å². The molecule has 0 radical (unpaired) electrons. The van der Waals surface area contributed by atoms with Crippen molar-refractivity contribution in [3.63, 3.8) is 0 Å². The fraction of sp³-hybridized carbons (Fsp3) is 0.533. The number of hydrogen-bond acceptors (Lipinski definition) is 4. The Balaban J connectivity index is 2.65. The Labute approximate surface area is 119 Å². The molecule has 0 unspecified atom stereocenters. The second kappa shape index (κ2) is 9.43. The molecular formula is C15H21FN2O2. The summed E-state index contributed by atoms with van der Waals surface area (Å²) in [6.45, 7) is 3.67. The van der Waals surface area contributed by atoms with Crippen molar-refractivity contribution in [3.8, 4) is 6.07 Å². The minimum atomic E-state index is -0.473. The molecule has 0 heterocycles. The zero-order chi connectivity index (χ0) is 14.8. The number of rotatable bonds is 9. The average Bonchev–Trinajstić information content (AvgIpc) is 2.46. The van der Waals surface area contributed by atoms with E-state index in [0.717, 1.165) is 25.1 Å². The first-order valence-corrected chi connectivity index (χ1v) is 6.60. The highest BCUT2D eigenvalue weighted by molar-refractivity contribution is 5.34. The van der Waals surface area contributed by atoms with Crippen molar-refractivity contribution in [2.24, 2.45) is 0 Å². The lowest BCUT2D eigenvalue weighted by atomic mass is 10.1. The van der Waals surface area contributed by atoms with Gasteiger partial charge in [-0.05, 0) is 24.1 Å². The van der Waals surface area contributed by atoms with Crippen molar-refractivity contribution in [2.45, 2.75) is 13.0 Å². The summed E-state index contributed by atoms with van der Waals surface area (Å²) in [6.07, 6.45) is 0.923. The lowest BCUT2D eigenvalue weighted by Gasteiger charge is -2.22. The molecule has 0 fully saturated rings. The number of ether oxygens (including phenoxy) is 2. The summed E-state index contributed by atoms with van der Waals surface area (Å²) in [4.78, 5) is 2.21. The Kier molecular flexibility index (Phi) is 7.81. The third kappa shape index (κ3) is 5.66. The summed E-state index contributed by atoms with van der Waals surface area (Å²) >= 11 is 0. The van der Waals surface area contributed by atoms with Crippen LogP contribution in [0.4, 0.5) is 4.39 Å². The summed E-state index contributed by atoms with van der Waals surface area (Å²) in [7, 11) is 3.34. The van der Waals surface area contributed by atoms with Gasteiger partial charge >= 0.3 is 0 Å². The number of nitriles is 1. The minimum absolute atomic E-state index is 0.0890. The first-order chi connectivity index (χ1) is 9.71. The maximum atomic E-state index is 13.3. The Morgan fingerprint density at radius 3 is 2.60 bits per heavy atom. The van der Waals surface area contributed by atoms with Crippen LogP contribution < -0.4 is 0 Å². The molecule has 0 bridgehead atoms.